The first-order valence-corrected chi connectivity index (χ1v) is 8.26. The molecule has 142 valence electrons. The van der Waals surface area contributed by atoms with Gasteiger partial charge in [0.15, 0.2) is 0 Å². The number of non-ortho nitro benzene ring substituents is 1. The number of carbonyl (C=O) groups is 1. The fourth-order valence-electron chi connectivity index (χ4n) is 2.69. The number of nitrogens with zero attached hydrogens (tertiary/aromatic N) is 2. The molecule has 3 aromatic rings. The molecular formula is C20H17N3O5. The van der Waals surface area contributed by atoms with E-state index >= 15 is 0 Å². The van der Waals surface area contributed by atoms with Crippen molar-refractivity contribution >= 4 is 28.6 Å². The monoisotopic (exact) mass is 379 g/mol. The van der Waals surface area contributed by atoms with Gasteiger partial charge in [-0.3, -0.25) is 14.9 Å². The summed E-state index contributed by atoms with van der Waals surface area (Å²) in [6, 6.07) is 14.6. The topological polar surface area (TPSA) is 103 Å². The molecule has 1 amide bonds. The van der Waals surface area contributed by atoms with E-state index in [4.69, 9.17) is 9.47 Å². The number of nitro groups is 1. The summed E-state index contributed by atoms with van der Waals surface area (Å²) in [7, 11) is 3.13. The van der Waals surface area contributed by atoms with Gasteiger partial charge >= 0.3 is 0 Å². The number of fused-ring (bicyclic) bond motifs is 1. The van der Waals surface area contributed by atoms with Crippen LogP contribution in [0.4, 0.5) is 5.69 Å². The SMILES string of the molecule is COc1ccc2ccc(OC)c(/C=N/NC(=O)c3ccc([N+](=O)[O-])cc3)c2c1. The van der Waals surface area contributed by atoms with Crippen LogP contribution in [0.5, 0.6) is 11.5 Å². The van der Waals surface area contributed by atoms with E-state index in [9.17, 15) is 14.9 Å². The third kappa shape index (κ3) is 3.90. The Balaban J connectivity index is 1.85. The fourth-order valence-corrected chi connectivity index (χ4v) is 2.69. The van der Waals surface area contributed by atoms with Crippen LogP contribution in [0.2, 0.25) is 0 Å². The summed E-state index contributed by atoms with van der Waals surface area (Å²) in [6.45, 7) is 0. The summed E-state index contributed by atoms with van der Waals surface area (Å²) in [5.74, 6) is 0.794. The Morgan fingerprint density at radius 2 is 1.79 bits per heavy atom. The van der Waals surface area contributed by atoms with E-state index in [0.29, 0.717) is 17.1 Å². The Labute approximate surface area is 160 Å². The molecule has 1 N–H and O–H groups in total. The van der Waals surface area contributed by atoms with Crippen molar-refractivity contribution in [3.63, 3.8) is 0 Å². The number of rotatable bonds is 6. The van der Waals surface area contributed by atoms with Crippen molar-refractivity contribution in [1.29, 1.82) is 0 Å². The van der Waals surface area contributed by atoms with Crippen LogP contribution in [0.25, 0.3) is 10.8 Å². The van der Waals surface area contributed by atoms with Crippen molar-refractivity contribution in [2.45, 2.75) is 0 Å². The molecule has 0 saturated heterocycles. The summed E-state index contributed by atoms with van der Waals surface area (Å²) in [4.78, 5) is 22.3. The summed E-state index contributed by atoms with van der Waals surface area (Å²) in [5.41, 5.74) is 3.27. The summed E-state index contributed by atoms with van der Waals surface area (Å²) in [5, 5.41) is 16.5. The number of hydrogen-bond donors (Lipinski definition) is 1. The summed E-state index contributed by atoms with van der Waals surface area (Å²) in [6.07, 6.45) is 1.49. The molecule has 3 rings (SSSR count). The van der Waals surface area contributed by atoms with Gasteiger partial charge in [0.2, 0.25) is 0 Å². The molecule has 0 aromatic heterocycles. The maximum absolute atomic E-state index is 12.2. The molecule has 0 radical (unpaired) electrons. The third-order valence-corrected chi connectivity index (χ3v) is 4.15. The Morgan fingerprint density at radius 1 is 1.07 bits per heavy atom. The first kappa shape index (κ1) is 18.8. The number of nitro benzene ring substituents is 1. The molecule has 0 fully saturated rings. The summed E-state index contributed by atoms with van der Waals surface area (Å²) < 4.78 is 10.7. The van der Waals surface area contributed by atoms with Crippen LogP contribution in [0.1, 0.15) is 15.9 Å². The highest BCUT2D eigenvalue weighted by atomic mass is 16.6. The van der Waals surface area contributed by atoms with Gasteiger partial charge in [-0.25, -0.2) is 5.43 Å². The van der Waals surface area contributed by atoms with Gasteiger partial charge in [-0.2, -0.15) is 5.10 Å². The minimum Gasteiger partial charge on any atom is -0.497 e. The molecule has 0 aliphatic heterocycles. The second-order valence-electron chi connectivity index (χ2n) is 5.77. The molecule has 0 unspecified atom stereocenters. The Kier molecular flexibility index (Phi) is 5.50. The lowest BCUT2D eigenvalue weighted by atomic mass is 10.0. The van der Waals surface area contributed by atoms with Gasteiger partial charge < -0.3 is 9.47 Å². The van der Waals surface area contributed by atoms with Crippen molar-refractivity contribution in [2.75, 3.05) is 14.2 Å². The molecule has 0 saturated carbocycles. The van der Waals surface area contributed by atoms with E-state index in [0.717, 1.165) is 10.8 Å². The first-order chi connectivity index (χ1) is 13.5. The second-order valence-corrected chi connectivity index (χ2v) is 5.77. The van der Waals surface area contributed by atoms with Crippen molar-refractivity contribution in [3.05, 3.63) is 75.8 Å². The molecule has 0 spiro atoms. The Hall–Kier alpha value is -3.94. The number of methoxy groups -OCH3 is 2. The Bertz CT molecular complexity index is 1060. The van der Waals surface area contributed by atoms with Crippen molar-refractivity contribution in [3.8, 4) is 11.5 Å². The predicted molar refractivity (Wildman–Crippen MR) is 105 cm³/mol. The lowest BCUT2D eigenvalue weighted by Gasteiger charge is -2.10. The van der Waals surface area contributed by atoms with Crippen LogP contribution in [0.3, 0.4) is 0 Å². The third-order valence-electron chi connectivity index (χ3n) is 4.15. The number of nitrogens with one attached hydrogen (secondary N) is 1. The molecule has 0 bridgehead atoms. The molecule has 3 aromatic carbocycles. The highest BCUT2D eigenvalue weighted by molar-refractivity contribution is 6.03. The highest BCUT2D eigenvalue weighted by Crippen LogP contribution is 2.29. The predicted octanol–water partition coefficient (Wildman–Crippen LogP) is 3.53. The molecule has 0 atom stereocenters. The molecule has 0 heterocycles. The molecular weight excluding hydrogens is 362 g/mol. The minimum absolute atomic E-state index is 0.0884. The van der Waals surface area contributed by atoms with E-state index in [1.165, 1.54) is 30.5 Å². The average molecular weight is 379 g/mol. The first-order valence-electron chi connectivity index (χ1n) is 8.26. The van der Waals surface area contributed by atoms with Gasteiger partial charge in [-0.05, 0) is 41.1 Å². The van der Waals surface area contributed by atoms with Crippen LogP contribution in [0, 0.1) is 10.1 Å². The number of benzene rings is 3. The standard InChI is InChI=1S/C20H17N3O5/c1-27-16-9-5-13-6-10-19(28-2)18(17(13)11-16)12-21-22-20(24)14-3-7-15(8-4-14)23(25)26/h3-12H,1-2H3,(H,22,24)/b21-12+. The van der Waals surface area contributed by atoms with Crippen LogP contribution >= 0.6 is 0 Å². The highest BCUT2D eigenvalue weighted by Gasteiger charge is 2.10. The van der Waals surface area contributed by atoms with Crippen LogP contribution < -0.4 is 14.9 Å². The Morgan fingerprint density at radius 3 is 2.43 bits per heavy atom. The molecule has 0 aliphatic carbocycles. The second kappa shape index (κ2) is 8.17. The van der Waals surface area contributed by atoms with Gasteiger partial charge in [0.05, 0.1) is 25.4 Å². The van der Waals surface area contributed by atoms with E-state index in [1.54, 1.807) is 14.2 Å². The average Bonchev–Trinajstić information content (AvgIpc) is 2.73. The number of ether oxygens (including phenoxy) is 2. The number of hydrazone groups is 1. The molecule has 8 nitrogen and oxygen atoms in total. The zero-order valence-corrected chi connectivity index (χ0v) is 15.2. The zero-order valence-electron chi connectivity index (χ0n) is 15.2. The van der Waals surface area contributed by atoms with Gasteiger partial charge in [-0.15, -0.1) is 0 Å². The van der Waals surface area contributed by atoms with E-state index in [-0.39, 0.29) is 11.3 Å². The summed E-state index contributed by atoms with van der Waals surface area (Å²) >= 11 is 0. The molecule has 28 heavy (non-hydrogen) atoms. The normalized spacial score (nSPS) is 10.8. The van der Waals surface area contributed by atoms with Crippen molar-refractivity contribution in [2.24, 2.45) is 5.10 Å². The number of hydrogen-bond acceptors (Lipinski definition) is 6. The maximum atomic E-state index is 12.2. The van der Waals surface area contributed by atoms with Crippen LogP contribution in [0.15, 0.2) is 59.7 Å². The van der Waals surface area contributed by atoms with E-state index in [2.05, 4.69) is 10.5 Å². The maximum Gasteiger partial charge on any atom is 0.271 e. The van der Waals surface area contributed by atoms with Crippen molar-refractivity contribution in [1.82, 2.24) is 5.43 Å². The molecule has 8 heteroatoms. The lowest BCUT2D eigenvalue weighted by molar-refractivity contribution is -0.384. The van der Waals surface area contributed by atoms with Crippen molar-refractivity contribution < 1.29 is 19.2 Å². The zero-order chi connectivity index (χ0) is 20.1. The van der Waals surface area contributed by atoms with Gasteiger partial charge in [-0.1, -0.05) is 12.1 Å². The van der Waals surface area contributed by atoms with Gasteiger partial charge in [0.1, 0.15) is 11.5 Å². The smallest absolute Gasteiger partial charge is 0.271 e. The van der Waals surface area contributed by atoms with Crippen LogP contribution in [-0.2, 0) is 0 Å². The van der Waals surface area contributed by atoms with Crippen LogP contribution in [-0.4, -0.2) is 31.3 Å². The van der Waals surface area contributed by atoms with Gasteiger partial charge in [0, 0.05) is 23.3 Å². The lowest BCUT2D eigenvalue weighted by Crippen LogP contribution is -2.17. The number of amides is 1. The van der Waals surface area contributed by atoms with E-state index in [1.807, 2.05) is 30.3 Å². The van der Waals surface area contributed by atoms with E-state index < -0.39 is 10.8 Å². The molecule has 0 aliphatic rings. The fraction of sp³-hybridized carbons (Fsp3) is 0.100. The largest absolute Gasteiger partial charge is 0.497 e. The van der Waals surface area contributed by atoms with Gasteiger partial charge in [0.25, 0.3) is 11.6 Å². The number of carbonyl (C=O) groups excluding carboxylic acids is 1. The quantitative estimate of drug-likeness (QED) is 0.401. The minimum atomic E-state index is -0.527.